The van der Waals surface area contributed by atoms with Crippen molar-refractivity contribution in [1.29, 1.82) is 0 Å². The molecule has 3 heteroatoms. The number of rotatable bonds is 2. The Morgan fingerprint density at radius 3 is 2.35 bits per heavy atom. The summed E-state index contributed by atoms with van der Waals surface area (Å²) in [5.41, 5.74) is 3.39. The maximum absolute atomic E-state index is 13.1. The minimum atomic E-state index is -0.177. The van der Waals surface area contributed by atoms with Gasteiger partial charge >= 0.3 is 0 Å². The number of hydrogen-bond donors (Lipinski definition) is 0. The third-order valence-electron chi connectivity index (χ3n) is 2.86. The molecule has 90 valence electrons. The van der Waals surface area contributed by atoms with E-state index in [1.807, 2.05) is 13.0 Å². The smallest absolute Gasteiger partial charge is 0.123 e. The second-order valence-corrected chi connectivity index (χ2v) is 6.61. The number of alkyl halides is 1. The first-order valence-electron chi connectivity index (χ1n) is 5.46. The summed E-state index contributed by atoms with van der Waals surface area (Å²) >= 11 is 5.52. The molecule has 0 amide bonds. The molecule has 0 saturated heterocycles. The van der Waals surface area contributed by atoms with Crippen molar-refractivity contribution in [2.75, 3.05) is 0 Å². The largest absolute Gasteiger partial charge is 0.207 e. The van der Waals surface area contributed by atoms with Crippen molar-refractivity contribution in [1.82, 2.24) is 0 Å². The summed E-state index contributed by atoms with van der Waals surface area (Å²) in [5.74, 6) is -0.177. The van der Waals surface area contributed by atoms with Crippen molar-refractivity contribution in [3.63, 3.8) is 0 Å². The lowest BCUT2D eigenvalue weighted by Crippen LogP contribution is -1.96. The first-order valence-corrected chi connectivity index (χ1v) is 7.19. The van der Waals surface area contributed by atoms with Gasteiger partial charge in [0.2, 0.25) is 0 Å². The van der Waals surface area contributed by atoms with E-state index in [2.05, 4.69) is 35.8 Å². The van der Waals surface area contributed by atoms with Gasteiger partial charge in [0, 0.05) is 9.75 Å². The maximum atomic E-state index is 13.1. The average Bonchev–Trinajstić information content (AvgIpc) is 2.57. The topological polar surface area (TPSA) is 0 Å². The zero-order valence-corrected chi connectivity index (χ0v) is 12.5. The predicted octanol–water partition coefficient (Wildman–Crippen LogP) is 5.30. The molecule has 0 radical (unpaired) electrons. The van der Waals surface area contributed by atoms with Crippen molar-refractivity contribution >= 4 is 27.3 Å². The fourth-order valence-corrected chi connectivity index (χ4v) is 4.10. The van der Waals surface area contributed by atoms with Crippen LogP contribution >= 0.6 is 27.3 Å². The van der Waals surface area contributed by atoms with Gasteiger partial charge in [0.25, 0.3) is 0 Å². The van der Waals surface area contributed by atoms with Gasteiger partial charge in [-0.25, -0.2) is 4.39 Å². The lowest BCUT2D eigenvalue weighted by molar-refractivity contribution is 0.626. The molecular formula is C14H14BrFS. The molecule has 17 heavy (non-hydrogen) atoms. The van der Waals surface area contributed by atoms with E-state index < -0.39 is 0 Å². The van der Waals surface area contributed by atoms with Gasteiger partial charge in [0.15, 0.2) is 0 Å². The zero-order valence-electron chi connectivity index (χ0n) is 10.1. The highest BCUT2D eigenvalue weighted by atomic mass is 79.9. The first kappa shape index (κ1) is 12.8. The van der Waals surface area contributed by atoms with Crippen LogP contribution in [-0.2, 0) is 0 Å². The van der Waals surface area contributed by atoms with Crippen LogP contribution in [0.25, 0.3) is 0 Å². The monoisotopic (exact) mass is 312 g/mol. The summed E-state index contributed by atoms with van der Waals surface area (Å²) in [6.45, 7) is 6.18. The van der Waals surface area contributed by atoms with E-state index >= 15 is 0 Å². The SMILES string of the molecule is Cc1cc(C(Br)c2ccc(F)cc2C)c(C)s1. The van der Waals surface area contributed by atoms with Gasteiger partial charge in [-0.05, 0) is 55.7 Å². The summed E-state index contributed by atoms with van der Waals surface area (Å²) in [4.78, 5) is 2.77. The highest BCUT2D eigenvalue weighted by Gasteiger charge is 2.16. The van der Waals surface area contributed by atoms with Gasteiger partial charge in [-0.2, -0.15) is 0 Å². The summed E-state index contributed by atoms with van der Waals surface area (Å²) in [7, 11) is 0. The second kappa shape index (κ2) is 4.91. The number of thiophene rings is 1. The fraction of sp³-hybridized carbons (Fsp3) is 0.286. The van der Waals surface area contributed by atoms with Crippen LogP contribution in [0.4, 0.5) is 4.39 Å². The van der Waals surface area contributed by atoms with Gasteiger partial charge in [-0.15, -0.1) is 11.3 Å². The van der Waals surface area contributed by atoms with Crippen molar-refractivity contribution in [3.8, 4) is 0 Å². The minimum absolute atomic E-state index is 0.146. The molecule has 1 aromatic heterocycles. The molecule has 0 fully saturated rings. The third-order valence-corrected chi connectivity index (χ3v) is 4.83. The number of hydrogen-bond acceptors (Lipinski definition) is 1. The maximum Gasteiger partial charge on any atom is 0.123 e. The van der Waals surface area contributed by atoms with Gasteiger partial charge in [0.05, 0.1) is 4.83 Å². The van der Waals surface area contributed by atoms with Crippen molar-refractivity contribution in [3.05, 3.63) is 56.5 Å². The van der Waals surface area contributed by atoms with Gasteiger partial charge < -0.3 is 0 Å². The number of benzene rings is 1. The number of halogens is 2. The van der Waals surface area contributed by atoms with Crippen molar-refractivity contribution in [2.45, 2.75) is 25.6 Å². The van der Waals surface area contributed by atoms with Gasteiger partial charge in [-0.3, -0.25) is 0 Å². The van der Waals surface area contributed by atoms with Crippen LogP contribution < -0.4 is 0 Å². The van der Waals surface area contributed by atoms with Crippen LogP contribution in [0.1, 0.15) is 31.3 Å². The number of aryl methyl sites for hydroxylation is 3. The molecule has 0 aliphatic carbocycles. The fourth-order valence-electron chi connectivity index (χ4n) is 1.99. The Bertz CT molecular complexity index is 545. The summed E-state index contributed by atoms with van der Waals surface area (Å²) in [6.07, 6.45) is 0. The highest BCUT2D eigenvalue weighted by Crippen LogP contribution is 2.37. The van der Waals surface area contributed by atoms with Crippen LogP contribution in [0.5, 0.6) is 0 Å². The molecule has 1 atom stereocenters. The Kier molecular flexibility index (Phi) is 3.69. The standard InChI is InChI=1S/C14H14BrFS/c1-8-6-11(16)4-5-12(8)14(15)13-7-9(2)17-10(13)3/h4-7,14H,1-3H3. The molecule has 0 aliphatic heterocycles. The Hall–Kier alpha value is -0.670. The van der Waals surface area contributed by atoms with E-state index in [9.17, 15) is 4.39 Å². The van der Waals surface area contributed by atoms with Crippen LogP contribution in [0.2, 0.25) is 0 Å². The Labute approximate surface area is 114 Å². The van der Waals surface area contributed by atoms with E-state index in [0.717, 1.165) is 11.1 Å². The molecule has 0 bridgehead atoms. The molecule has 1 unspecified atom stereocenters. The third kappa shape index (κ3) is 2.61. The quantitative estimate of drug-likeness (QED) is 0.660. The molecule has 0 N–H and O–H groups in total. The molecule has 0 aliphatic rings. The minimum Gasteiger partial charge on any atom is -0.207 e. The molecule has 2 rings (SSSR count). The van der Waals surface area contributed by atoms with E-state index in [0.29, 0.717) is 0 Å². The first-order chi connectivity index (χ1) is 7.99. The molecule has 0 nitrogen and oxygen atoms in total. The van der Waals surface area contributed by atoms with Crippen LogP contribution in [0, 0.1) is 26.6 Å². The Balaban J connectivity index is 2.43. The zero-order chi connectivity index (χ0) is 12.6. The summed E-state index contributed by atoms with van der Waals surface area (Å²) < 4.78 is 13.1. The van der Waals surface area contributed by atoms with Crippen molar-refractivity contribution in [2.24, 2.45) is 0 Å². The Morgan fingerprint density at radius 1 is 1.12 bits per heavy atom. The molecule has 0 saturated carbocycles. The molecule has 2 aromatic rings. The average molecular weight is 313 g/mol. The van der Waals surface area contributed by atoms with E-state index in [-0.39, 0.29) is 10.6 Å². The predicted molar refractivity (Wildman–Crippen MR) is 75.7 cm³/mol. The highest BCUT2D eigenvalue weighted by molar-refractivity contribution is 9.09. The van der Waals surface area contributed by atoms with E-state index in [4.69, 9.17) is 0 Å². The summed E-state index contributed by atoms with van der Waals surface area (Å²) in [6, 6.07) is 7.15. The lowest BCUT2D eigenvalue weighted by atomic mass is 10.0. The van der Waals surface area contributed by atoms with Gasteiger partial charge in [-0.1, -0.05) is 22.0 Å². The molecule has 1 heterocycles. The molecule has 1 aromatic carbocycles. The van der Waals surface area contributed by atoms with E-state index in [1.54, 1.807) is 17.4 Å². The van der Waals surface area contributed by atoms with E-state index in [1.165, 1.54) is 21.4 Å². The van der Waals surface area contributed by atoms with Crippen molar-refractivity contribution < 1.29 is 4.39 Å². The second-order valence-electron chi connectivity index (χ2n) is 4.23. The van der Waals surface area contributed by atoms with Crippen LogP contribution in [0.15, 0.2) is 24.3 Å². The lowest BCUT2D eigenvalue weighted by Gasteiger charge is -2.13. The van der Waals surface area contributed by atoms with Crippen LogP contribution in [0.3, 0.4) is 0 Å². The summed E-state index contributed by atoms with van der Waals surface area (Å²) in [5, 5.41) is 0. The normalized spacial score (nSPS) is 12.8. The molecule has 0 spiro atoms. The van der Waals surface area contributed by atoms with Gasteiger partial charge in [0.1, 0.15) is 5.82 Å². The Morgan fingerprint density at radius 2 is 1.82 bits per heavy atom. The van der Waals surface area contributed by atoms with Crippen LogP contribution in [-0.4, -0.2) is 0 Å². The molecular weight excluding hydrogens is 299 g/mol.